The van der Waals surface area contributed by atoms with Crippen molar-refractivity contribution < 1.29 is 19.3 Å². The molecule has 0 spiro atoms. The van der Waals surface area contributed by atoms with Crippen molar-refractivity contribution in [1.29, 1.82) is 0 Å². The van der Waals surface area contributed by atoms with Gasteiger partial charge < -0.3 is 16.0 Å². The number of benzene rings is 4. The normalized spacial score (nSPS) is 11.0. The maximum absolute atomic E-state index is 13.3. The third kappa shape index (κ3) is 8.68. The van der Waals surface area contributed by atoms with Crippen molar-refractivity contribution in [3.63, 3.8) is 0 Å². The number of nitrogens with zero attached hydrogens (tertiary/aromatic N) is 1. The second kappa shape index (κ2) is 14.3. The molecule has 12 heteroatoms. The van der Waals surface area contributed by atoms with Crippen molar-refractivity contribution in [2.45, 2.75) is 4.90 Å². The number of amides is 3. The van der Waals surface area contributed by atoms with Crippen LogP contribution >= 0.6 is 35.0 Å². The van der Waals surface area contributed by atoms with Gasteiger partial charge in [0.1, 0.15) is 5.70 Å². The molecule has 4 aromatic carbocycles. The predicted octanol–water partition coefficient (Wildman–Crippen LogP) is 7.04. The summed E-state index contributed by atoms with van der Waals surface area (Å²) >= 11 is 13.2. The van der Waals surface area contributed by atoms with E-state index >= 15 is 0 Å². The molecule has 0 unspecified atom stereocenters. The molecule has 0 aliphatic rings. The number of non-ortho nitro benzene ring substituents is 1. The van der Waals surface area contributed by atoms with Gasteiger partial charge in [-0.15, -0.1) is 11.8 Å². The fraction of sp³-hybridized carbons (Fsp3) is 0.0333. The highest BCUT2D eigenvalue weighted by Crippen LogP contribution is 2.26. The predicted molar refractivity (Wildman–Crippen MR) is 166 cm³/mol. The Balaban J connectivity index is 1.46. The van der Waals surface area contributed by atoms with Gasteiger partial charge in [0.2, 0.25) is 5.91 Å². The summed E-state index contributed by atoms with van der Waals surface area (Å²) in [4.78, 5) is 49.7. The highest BCUT2D eigenvalue weighted by atomic mass is 35.5. The Labute approximate surface area is 255 Å². The van der Waals surface area contributed by atoms with Crippen LogP contribution in [0.4, 0.5) is 17.1 Å². The van der Waals surface area contributed by atoms with Crippen molar-refractivity contribution in [2.24, 2.45) is 0 Å². The number of nitro benzene ring substituents is 1. The fourth-order valence-electron chi connectivity index (χ4n) is 3.58. The average Bonchev–Trinajstić information content (AvgIpc) is 2.98. The van der Waals surface area contributed by atoms with E-state index in [9.17, 15) is 24.5 Å². The van der Waals surface area contributed by atoms with E-state index < -0.39 is 16.7 Å². The second-order valence-corrected chi connectivity index (χ2v) is 10.5. The highest BCUT2D eigenvalue weighted by molar-refractivity contribution is 8.00. The van der Waals surface area contributed by atoms with Crippen LogP contribution in [0.25, 0.3) is 6.08 Å². The molecule has 4 rings (SSSR count). The summed E-state index contributed by atoms with van der Waals surface area (Å²) in [5.41, 5.74) is 1.58. The van der Waals surface area contributed by atoms with Crippen LogP contribution in [0.15, 0.2) is 108 Å². The van der Waals surface area contributed by atoms with Crippen LogP contribution in [-0.2, 0) is 9.59 Å². The molecule has 0 aromatic heterocycles. The van der Waals surface area contributed by atoms with E-state index in [2.05, 4.69) is 16.0 Å². The number of carbonyl (C=O) groups excluding carboxylic acids is 3. The van der Waals surface area contributed by atoms with Crippen LogP contribution in [-0.4, -0.2) is 28.4 Å². The largest absolute Gasteiger partial charge is 0.325 e. The van der Waals surface area contributed by atoms with Crippen LogP contribution in [0.2, 0.25) is 10.0 Å². The second-order valence-electron chi connectivity index (χ2n) is 8.67. The molecule has 212 valence electrons. The summed E-state index contributed by atoms with van der Waals surface area (Å²) in [6, 6.07) is 25.6. The molecule has 0 heterocycles. The summed E-state index contributed by atoms with van der Waals surface area (Å²) in [5, 5.41) is 19.8. The fourth-order valence-corrected chi connectivity index (χ4v) is 4.64. The lowest BCUT2D eigenvalue weighted by molar-refractivity contribution is -0.384. The standard InChI is InChI=1S/C30H22Cl2N4O5S/c31-25-14-11-22(17-26(25)32)33-28(37)18-42-24-8-4-7-21(16-24)34-30(39)27(35-29(38)20-5-2-1-3-6-20)15-19-9-12-23(13-10-19)36(40)41/h1-17H,18H2,(H,33,37)(H,34,39)(H,35,38)/b27-15+. The Morgan fingerprint density at radius 3 is 2.21 bits per heavy atom. The molecule has 0 atom stereocenters. The Bertz CT molecular complexity index is 1660. The third-order valence-corrected chi connectivity index (χ3v) is 7.34. The van der Waals surface area contributed by atoms with Gasteiger partial charge in [-0.3, -0.25) is 24.5 Å². The van der Waals surface area contributed by atoms with Crippen LogP contribution in [0, 0.1) is 10.1 Å². The Kier molecular flexibility index (Phi) is 10.3. The Morgan fingerprint density at radius 2 is 1.52 bits per heavy atom. The molecule has 0 saturated carbocycles. The van der Waals surface area contributed by atoms with Crippen LogP contribution < -0.4 is 16.0 Å². The summed E-state index contributed by atoms with van der Waals surface area (Å²) in [6.07, 6.45) is 1.42. The molecule has 0 bridgehead atoms. The first-order chi connectivity index (χ1) is 20.2. The molecule has 3 amide bonds. The first-order valence-corrected chi connectivity index (χ1v) is 14.0. The van der Waals surface area contributed by atoms with Crippen molar-refractivity contribution in [2.75, 3.05) is 16.4 Å². The third-order valence-electron chi connectivity index (χ3n) is 5.61. The quantitative estimate of drug-likeness (QED) is 0.0754. The summed E-state index contributed by atoms with van der Waals surface area (Å²) in [5.74, 6) is -1.28. The topological polar surface area (TPSA) is 130 Å². The van der Waals surface area contributed by atoms with E-state index in [-0.39, 0.29) is 23.0 Å². The lowest BCUT2D eigenvalue weighted by Crippen LogP contribution is -2.30. The summed E-state index contributed by atoms with van der Waals surface area (Å²) < 4.78 is 0. The highest BCUT2D eigenvalue weighted by Gasteiger charge is 2.16. The van der Waals surface area contributed by atoms with Gasteiger partial charge in [-0.05, 0) is 72.3 Å². The van der Waals surface area contributed by atoms with E-state index in [1.54, 1.807) is 72.8 Å². The summed E-state index contributed by atoms with van der Waals surface area (Å²) in [7, 11) is 0. The van der Waals surface area contributed by atoms with Crippen molar-refractivity contribution in [3.8, 4) is 0 Å². The maximum Gasteiger partial charge on any atom is 0.272 e. The minimum absolute atomic E-state index is 0.0724. The molecule has 0 aliphatic carbocycles. The zero-order valence-electron chi connectivity index (χ0n) is 21.7. The molecule has 4 aromatic rings. The monoisotopic (exact) mass is 620 g/mol. The van der Waals surface area contributed by atoms with Crippen molar-refractivity contribution in [1.82, 2.24) is 5.32 Å². The first-order valence-electron chi connectivity index (χ1n) is 12.3. The van der Waals surface area contributed by atoms with E-state index in [0.717, 1.165) is 0 Å². The minimum Gasteiger partial charge on any atom is -0.325 e. The molecule has 42 heavy (non-hydrogen) atoms. The lowest BCUT2D eigenvalue weighted by atomic mass is 10.1. The number of hydrogen-bond acceptors (Lipinski definition) is 6. The Hall–Kier alpha value is -4.64. The number of thioether (sulfide) groups is 1. The molecule has 0 aliphatic heterocycles. The van der Waals surface area contributed by atoms with Gasteiger partial charge in [0.05, 0.1) is 20.7 Å². The Morgan fingerprint density at radius 1 is 0.810 bits per heavy atom. The first kappa shape index (κ1) is 30.3. The molecule has 0 fully saturated rings. The zero-order valence-corrected chi connectivity index (χ0v) is 24.0. The van der Waals surface area contributed by atoms with Gasteiger partial charge in [-0.1, -0.05) is 47.5 Å². The number of carbonyl (C=O) groups is 3. The van der Waals surface area contributed by atoms with Crippen LogP contribution in [0.1, 0.15) is 15.9 Å². The lowest BCUT2D eigenvalue weighted by Gasteiger charge is -2.12. The van der Waals surface area contributed by atoms with Gasteiger partial charge in [-0.2, -0.15) is 0 Å². The van der Waals surface area contributed by atoms with Gasteiger partial charge in [-0.25, -0.2) is 0 Å². The van der Waals surface area contributed by atoms with Crippen LogP contribution in [0.5, 0.6) is 0 Å². The smallest absolute Gasteiger partial charge is 0.272 e. The van der Waals surface area contributed by atoms with E-state index in [1.807, 2.05) is 0 Å². The van der Waals surface area contributed by atoms with Gasteiger partial charge in [0.25, 0.3) is 17.5 Å². The number of hydrogen-bond donors (Lipinski definition) is 3. The molecule has 0 saturated heterocycles. The average molecular weight is 622 g/mol. The molecular formula is C30H22Cl2N4O5S. The SMILES string of the molecule is O=C(CSc1cccc(NC(=O)/C(=C\c2ccc([N+](=O)[O-])cc2)NC(=O)c2ccccc2)c1)Nc1ccc(Cl)c(Cl)c1. The molecule has 9 nitrogen and oxygen atoms in total. The number of halogens is 2. The van der Waals surface area contributed by atoms with Gasteiger partial charge in [0, 0.05) is 34.0 Å². The van der Waals surface area contributed by atoms with Crippen molar-refractivity contribution >= 4 is 75.8 Å². The summed E-state index contributed by atoms with van der Waals surface area (Å²) in [6.45, 7) is 0. The number of anilines is 2. The number of nitro groups is 1. The zero-order chi connectivity index (χ0) is 30.1. The maximum atomic E-state index is 13.3. The minimum atomic E-state index is -0.614. The van der Waals surface area contributed by atoms with E-state index in [1.165, 1.54) is 42.1 Å². The number of nitrogens with one attached hydrogen (secondary N) is 3. The molecule has 3 N–H and O–H groups in total. The van der Waals surface area contributed by atoms with E-state index in [4.69, 9.17) is 23.2 Å². The van der Waals surface area contributed by atoms with Gasteiger partial charge >= 0.3 is 0 Å². The van der Waals surface area contributed by atoms with Crippen molar-refractivity contribution in [3.05, 3.63) is 134 Å². The van der Waals surface area contributed by atoms with Gasteiger partial charge in [0.15, 0.2) is 0 Å². The van der Waals surface area contributed by atoms with Crippen LogP contribution in [0.3, 0.4) is 0 Å². The molecular weight excluding hydrogens is 599 g/mol. The molecule has 0 radical (unpaired) electrons. The van der Waals surface area contributed by atoms with E-state index in [0.29, 0.717) is 37.4 Å². The number of rotatable bonds is 10.